The van der Waals surface area contributed by atoms with Crippen molar-refractivity contribution in [2.24, 2.45) is 11.8 Å². The maximum atomic E-state index is 5.42. The summed E-state index contributed by atoms with van der Waals surface area (Å²) < 4.78 is 10.3. The van der Waals surface area contributed by atoms with Gasteiger partial charge in [-0.2, -0.15) is 0 Å². The minimum Gasteiger partial charge on any atom is -0.382 e. The molecule has 0 heterocycles. The van der Waals surface area contributed by atoms with Gasteiger partial charge in [-0.1, -0.05) is 32.6 Å². The van der Waals surface area contributed by atoms with Gasteiger partial charge in [-0.3, -0.25) is 0 Å². The zero-order valence-electron chi connectivity index (χ0n) is 12.2. The molecule has 3 heteroatoms. The lowest BCUT2D eigenvalue weighted by molar-refractivity contribution is 0.0694. The molecule has 0 unspecified atom stereocenters. The number of hydrogen-bond donors (Lipinski definition) is 1. The summed E-state index contributed by atoms with van der Waals surface area (Å²) >= 11 is 0. The van der Waals surface area contributed by atoms with Crippen LogP contribution in [0.3, 0.4) is 0 Å². The molecule has 0 saturated heterocycles. The Morgan fingerprint density at radius 2 is 1.78 bits per heavy atom. The zero-order chi connectivity index (χ0) is 13.1. The van der Waals surface area contributed by atoms with Gasteiger partial charge in [0, 0.05) is 13.7 Å². The SMILES string of the molecule is COCCOCCCNCCC1CCC(C)CC1. The summed E-state index contributed by atoms with van der Waals surface area (Å²) in [6.45, 7) is 6.91. The maximum Gasteiger partial charge on any atom is 0.0700 e. The van der Waals surface area contributed by atoms with Crippen LogP contribution in [0.15, 0.2) is 0 Å². The highest BCUT2D eigenvalue weighted by Crippen LogP contribution is 2.29. The van der Waals surface area contributed by atoms with Crippen molar-refractivity contribution in [1.29, 1.82) is 0 Å². The van der Waals surface area contributed by atoms with Crippen molar-refractivity contribution < 1.29 is 9.47 Å². The third-order valence-electron chi connectivity index (χ3n) is 3.94. The summed E-state index contributed by atoms with van der Waals surface area (Å²) in [5.74, 6) is 1.95. The Balaban J connectivity index is 1.78. The summed E-state index contributed by atoms with van der Waals surface area (Å²) in [4.78, 5) is 0. The first-order chi connectivity index (χ1) is 8.83. The van der Waals surface area contributed by atoms with E-state index in [2.05, 4.69) is 12.2 Å². The van der Waals surface area contributed by atoms with Crippen LogP contribution in [0.25, 0.3) is 0 Å². The molecule has 0 atom stereocenters. The van der Waals surface area contributed by atoms with Crippen LogP contribution in [-0.4, -0.2) is 40.0 Å². The first-order valence-corrected chi connectivity index (χ1v) is 7.60. The second-order valence-electron chi connectivity index (χ2n) is 5.62. The van der Waals surface area contributed by atoms with E-state index in [0.717, 1.165) is 38.0 Å². The van der Waals surface area contributed by atoms with E-state index in [1.807, 2.05) is 0 Å². The second-order valence-corrected chi connectivity index (χ2v) is 5.62. The van der Waals surface area contributed by atoms with Gasteiger partial charge in [0.2, 0.25) is 0 Å². The van der Waals surface area contributed by atoms with Crippen molar-refractivity contribution in [3.8, 4) is 0 Å². The number of nitrogens with one attached hydrogen (secondary N) is 1. The van der Waals surface area contributed by atoms with Gasteiger partial charge in [0.05, 0.1) is 13.2 Å². The number of hydrogen-bond acceptors (Lipinski definition) is 3. The Morgan fingerprint density at radius 1 is 1.00 bits per heavy atom. The molecule has 0 radical (unpaired) electrons. The Bertz CT molecular complexity index is 179. The van der Waals surface area contributed by atoms with E-state index in [9.17, 15) is 0 Å². The lowest BCUT2D eigenvalue weighted by Gasteiger charge is -2.26. The number of ether oxygens (including phenoxy) is 2. The molecular weight excluding hydrogens is 226 g/mol. The first kappa shape index (κ1) is 15.9. The molecule has 0 aromatic carbocycles. The van der Waals surface area contributed by atoms with Gasteiger partial charge in [0.1, 0.15) is 0 Å². The third-order valence-corrected chi connectivity index (χ3v) is 3.94. The van der Waals surface area contributed by atoms with E-state index in [4.69, 9.17) is 9.47 Å². The fraction of sp³-hybridized carbons (Fsp3) is 1.00. The lowest BCUT2D eigenvalue weighted by Crippen LogP contribution is -2.22. The van der Waals surface area contributed by atoms with E-state index in [1.165, 1.54) is 38.6 Å². The van der Waals surface area contributed by atoms with Gasteiger partial charge in [-0.15, -0.1) is 0 Å². The highest BCUT2D eigenvalue weighted by atomic mass is 16.5. The average molecular weight is 257 g/mol. The van der Waals surface area contributed by atoms with Gasteiger partial charge in [0.15, 0.2) is 0 Å². The van der Waals surface area contributed by atoms with E-state index >= 15 is 0 Å². The molecule has 108 valence electrons. The molecule has 0 aromatic rings. The Morgan fingerprint density at radius 3 is 2.50 bits per heavy atom. The molecule has 0 aromatic heterocycles. The first-order valence-electron chi connectivity index (χ1n) is 7.60. The van der Waals surface area contributed by atoms with E-state index < -0.39 is 0 Å². The van der Waals surface area contributed by atoms with Gasteiger partial charge in [-0.25, -0.2) is 0 Å². The van der Waals surface area contributed by atoms with E-state index in [-0.39, 0.29) is 0 Å². The molecule has 18 heavy (non-hydrogen) atoms. The number of rotatable bonds is 10. The predicted octanol–water partition coefficient (Wildman–Crippen LogP) is 2.85. The van der Waals surface area contributed by atoms with Gasteiger partial charge in [0.25, 0.3) is 0 Å². The summed E-state index contributed by atoms with van der Waals surface area (Å²) in [5, 5.41) is 3.52. The van der Waals surface area contributed by atoms with Gasteiger partial charge >= 0.3 is 0 Å². The molecule has 1 fully saturated rings. The summed E-state index contributed by atoms with van der Waals surface area (Å²) in [6, 6.07) is 0. The van der Waals surface area contributed by atoms with Crippen LogP contribution < -0.4 is 5.32 Å². The summed E-state index contributed by atoms with van der Waals surface area (Å²) in [6.07, 6.45) is 8.24. The fourth-order valence-corrected chi connectivity index (χ4v) is 2.59. The van der Waals surface area contributed by atoms with Gasteiger partial charge < -0.3 is 14.8 Å². The molecule has 1 aliphatic carbocycles. The Kier molecular flexibility index (Phi) is 9.54. The van der Waals surface area contributed by atoms with Crippen LogP contribution in [0.4, 0.5) is 0 Å². The van der Waals surface area contributed by atoms with Gasteiger partial charge in [-0.05, 0) is 37.8 Å². The van der Waals surface area contributed by atoms with Crippen LogP contribution in [0.5, 0.6) is 0 Å². The molecule has 1 aliphatic rings. The fourth-order valence-electron chi connectivity index (χ4n) is 2.59. The molecule has 0 aliphatic heterocycles. The van der Waals surface area contributed by atoms with Crippen LogP contribution in [-0.2, 0) is 9.47 Å². The lowest BCUT2D eigenvalue weighted by atomic mass is 9.81. The normalized spacial score (nSPS) is 24.3. The Hall–Kier alpha value is -0.120. The van der Waals surface area contributed by atoms with Crippen molar-refractivity contribution in [3.63, 3.8) is 0 Å². The molecular formula is C15H31NO2. The topological polar surface area (TPSA) is 30.5 Å². The van der Waals surface area contributed by atoms with Crippen molar-refractivity contribution in [1.82, 2.24) is 5.32 Å². The van der Waals surface area contributed by atoms with Crippen LogP contribution in [0, 0.1) is 11.8 Å². The molecule has 3 nitrogen and oxygen atoms in total. The average Bonchev–Trinajstić information content (AvgIpc) is 2.39. The molecule has 1 rings (SSSR count). The predicted molar refractivity (Wildman–Crippen MR) is 75.9 cm³/mol. The summed E-state index contributed by atoms with van der Waals surface area (Å²) in [5.41, 5.74) is 0. The van der Waals surface area contributed by atoms with Crippen molar-refractivity contribution in [2.45, 2.75) is 45.4 Å². The van der Waals surface area contributed by atoms with Crippen molar-refractivity contribution in [3.05, 3.63) is 0 Å². The summed E-state index contributed by atoms with van der Waals surface area (Å²) in [7, 11) is 1.71. The third kappa shape index (κ3) is 8.06. The van der Waals surface area contributed by atoms with Crippen molar-refractivity contribution in [2.75, 3.05) is 40.0 Å². The number of methoxy groups -OCH3 is 1. The second kappa shape index (κ2) is 10.8. The highest BCUT2D eigenvalue weighted by molar-refractivity contribution is 4.70. The zero-order valence-corrected chi connectivity index (χ0v) is 12.2. The maximum absolute atomic E-state index is 5.42. The molecule has 1 saturated carbocycles. The highest BCUT2D eigenvalue weighted by Gasteiger charge is 2.17. The molecule has 0 bridgehead atoms. The van der Waals surface area contributed by atoms with E-state index in [1.54, 1.807) is 7.11 Å². The molecule has 0 amide bonds. The standard InChI is InChI=1S/C15H31NO2/c1-14-4-6-15(7-5-14)8-10-16-9-3-11-18-13-12-17-2/h14-16H,3-13H2,1-2H3. The van der Waals surface area contributed by atoms with Crippen LogP contribution >= 0.6 is 0 Å². The van der Waals surface area contributed by atoms with E-state index in [0.29, 0.717) is 6.61 Å². The van der Waals surface area contributed by atoms with Crippen LogP contribution in [0.1, 0.15) is 45.4 Å². The van der Waals surface area contributed by atoms with Crippen LogP contribution in [0.2, 0.25) is 0 Å². The quantitative estimate of drug-likeness (QED) is 0.610. The largest absolute Gasteiger partial charge is 0.382 e. The minimum absolute atomic E-state index is 0.702. The monoisotopic (exact) mass is 257 g/mol. The minimum atomic E-state index is 0.702. The molecule has 1 N–H and O–H groups in total. The smallest absolute Gasteiger partial charge is 0.0700 e. The molecule has 0 spiro atoms. The Labute approximate surface area is 113 Å². The van der Waals surface area contributed by atoms with Crippen molar-refractivity contribution >= 4 is 0 Å².